The number of morpholine rings is 1. The van der Waals surface area contributed by atoms with Crippen LogP contribution in [0.25, 0.3) is 0 Å². The Morgan fingerprint density at radius 3 is 3.06 bits per heavy atom. The van der Waals surface area contributed by atoms with Crippen molar-refractivity contribution in [1.29, 1.82) is 0 Å². The molecule has 102 valence electrons. The van der Waals surface area contributed by atoms with Crippen molar-refractivity contribution in [3.8, 4) is 0 Å². The second kappa shape index (κ2) is 6.26. The first-order valence-corrected chi connectivity index (χ1v) is 6.53. The van der Waals surface area contributed by atoms with Gasteiger partial charge in [0.25, 0.3) is 0 Å². The third-order valence-electron chi connectivity index (χ3n) is 3.19. The van der Waals surface area contributed by atoms with Crippen LogP contribution in [0.2, 0.25) is 0 Å². The lowest BCUT2D eigenvalue weighted by atomic mass is 10.2. The zero-order valence-electron chi connectivity index (χ0n) is 11.3. The van der Waals surface area contributed by atoms with Crippen molar-refractivity contribution in [3.05, 3.63) is 11.7 Å². The molecule has 6 nitrogen and oxygen atoms in total. The fourth-order valence-electron chi connectivity index (χ4n) is 2.03. The van der Waals surface area contributed by atoms with E-state index >= 15 is 0 Å². The third kappa shape index (κ3) is 3.28. The molecular formula is C12H22N4O2. The van der Waals surface area contributed by atoms with E-state index in [1.54, 1.807) is 0 Å². The van der Waals surface area contributed by atoms with Gasteiger partial charge in [0, 0.05) is 32.1 Å². The highest BCUT2D eigenvalue weighted by molar-refractivity contribution is 4.94. The Kier molecular flexibility index (Phi) is 4.68. The predicted molar refractivity (Wildman–Crippen MR) is 67.3 cm³/mol. The zero-order valence-corrected chi connectivity index (χ0v) is 11.3. The molecule has 0 aliphatic carbocycles. The van der Waals surface area contributed by atoms with Gasteiger partial charge in [0.2, 0.25) is 11.7 Å². The Hall–Kier alpha value is -0.980. The van der Waals surface area contributed by atoms with E-state index in [-0.39, 0.29) is 6.10 Å². The maximum absolute atomic E-state index is 5.72. The van der Waals surface area contributed by atoms with Crippen molar-refractivity contribution >= 4 is 0 Å². The quantitative estimate of drug-likeness (QED) is 0.831. The number of likely N-dealkylation sites (N-methyl/N-ethyl adjacent to an activating group) is 1. The minimum atomic E-state index is -0.0618. The number of ether oxygens (including phenoxy) is 1. The molecule has 1 saturated heterocycles. The Morgan fingerprint density at radius 1 is 1.50 bits per heavy atom. The van der Waals surface area contributed by atoms with E-state index in [9.17, 15) is 0 Å². The Morgan fingerprint density at radius 2 is 2.33 bits per heavy atom. The summed E-state index contributed by atoms with van der Waals surface area (Å²) in [6.07, 6.45) is 0.692. The predicted octanol–water partition coefficient (Wildman–Crippen LogP) is 0.613. The van der Waals surface area contributed by atoms with Crippen molar-refractivity contribution in [2.75, 3.05) is 33.3 Å². The normalized spacial score (nSPS) is 21.7. The van der Waals surface area contributed by atoms with Gasteiger partial charge in [0.1, 0.15) is 6.10 Å². The summed E-state index contributed by atoms with van der Waals surface area (Å²) in [7, 11) is 1.90. The van der Waals surface area contributed by atoms with Crippen LogP contribution < -0.4 is 5.32 Å². The molecule has 2 rings (SSSR count). The smallest absolute Gasteiger partial charge is 0.228 e. The number of nitrogens with zero attached hydrogens (tertiary/aromatic N) is 3. The first-order chi connectivity index (χ1) is 8.70. The van der Waals surface area contributed by atoms with E-state index in [4.69, 9.17) is 9.26 Å². The number of aromatic nitrogens is 2. The van der Waals surface area contributed by atoms with Crippen LogP contribution in [0.5, 0.6) is 0 Å². The Bertz CT molecular complexity index is 367. The zero-order chi connectivity index (χ0) is 13.0. The molecule has 0 amide bonds. The molecule has 0 aromatic carbocycles. The largest absolute Gasteiger partial charge is 0.367 e. The molecule has 6 heteroatoms. The standard InChI is InChI=1S/C12H22N4O2/c1-9(2)16-6-7-17-10(8-16)12-14-11(18-15-12)4-5-13-3/h9-10,13H,4-8H2,1-3H3. The summed E-state index contributed by atoms with van der Waals surface area (Å²) < 4.78 is 10.9. The van der Waals surface area contributed by atoms with Crippen LogP contribution in [-0.2, 0) is 11.2 Å². The average molecular weight is 254 g/mol. The van der Waals surface area contributed by atoms with E-state index in [0.29, 0.717) is 17.8 Å². The SMILES string of the molecule is CNCCc1nc(C2CN(C(C)C)CCO2)no1. The average Bonchev–Trinajstić information content (AvgIpc) is 2.85. The van der Waals surface area contributed by atoms with Gasteiger partial charge in [-0.2, -0.15) is 4.98 Å². The monoisotopic (exact) mass is 254 g/mol. The van der Waals surface area contributed by atoms with Gasteiger partial charge in [-0.3, -0.25) is 4.90 Å². The van der Waals surface area contributed by atoms with Crippen molar-refractivity contribution in [3.63, 3.8) is 0 Å². The van der Waals surface area contributed by atoms with E-state index < -0.39 is 0 Å². The van der Waals surface area contributed by atoms with Crippen LogP contribution in [-0.4, -0.2) is 54.4 Å². The second-order valence-corrected chi connectivity index (χ2v) is 4.85. The molecule has 1 aromatic rings. The first kappa shape index (κ1) is 13.5. The van der Waals surface area contributed by atoms with Gasteiger partial charge in [-0.15, -0.1) is 0 Å². The highest BCUT2D eigenvalue weighted by atomic mass is 16.5. The van der Waals surface area contributed by atoms with E-state index in [2.05, 4.69) is 34.2 Å². The molecule has 1 atom stereocenters. The van der Waals surface area contributed by atoms with Crippen LogP contribution >= 0.6 is 0 Å². The topological polar surface area (TPSA) is 63.4 Å². The lowest BCUT2D eigenvalue weighted by molar-refractivity contribution is -0.0450. The van der Waals surface area contributed by atoms with Gasteiger partial charge >= 0.3 is 0 Å². The van der Waals surface area contributed by atoms with Crippen molar-refractivity contribution < 1.29 is 9.26 Å². The minimum Gasteiger partial charge on any atom is -0.367 e. The lowest BCUT2D eigenvalue weighted by Crippen LogP contribution is -2.42. The fourth-order valence-corrected chi connectivity index (χ4v) is 2.03. The van der Waals surface area contributed by atoms with Crippen LogP contribution in [0, 0.1) is 0 Å². The second-order valence-electron chi connectivity index (χ2n) is 4.85. The Balaban J connectivity index is 1.95. The summed E-state index contributed by atoms with van der Waals surface area (Å²) in [5.74, 6) is 1.34. The molecule has 18 heavy (non-hydrogen) atoms. The summed E-state index contributed by atoms with van der Waals surface area (Å²) in [5.41, 5.74) is 0. The van der Waals surface area contributed by atoms with Crippen LogP contribution in [0.3, 0.4) is 0 Å². The number of hydrogen-bond donors (Lipinski definition) is 1. The molecule has 0 bridgehead atoms. The molecule has 0 saturated carbocycles. The van der Waals surface area contributed by atoms with Gasteiger partial charge in [0.05, 0.1) is 6.61 Å². The lowest BCUT2D eigenvalue weighted by Gasteiger charge is -2.34. The number of rotatable bonds is 5. The van der Waals surface area contributed by atoms with Crippen LogP contribution in [0.4, 0.5) is 0 Å². The minimum absolute atomic E-state index is 0.0618. The van der Waals surface area contributed by atoms with Crippen molar-refractivity contribution in [2.45, 2.75) is 32.4 Å². The molecule has 1 N–H and O–H groups in total. The van der Waals surface area contributed by atoms with Crippen molar-refractivity contribution in [2.24, 2.45) is 0 Å². The van der Waals surface area contributed by atoms with Gasteiger partial charge < -0.3 is 14.6 Å². The first-order valence-electron chi connectivity index (χ1n) is 6.53. The van der Waals surface area contributed by atoms with Gasteiger partial charge in [0.15, 0.2) is 0 Å². The molecule has 0 spiro atoms. The third-order valence-corrected chi connectivity index (χ3v) is 3.19. The van der Waals surface area contributed by atoms with Gasteiger partial charge in [-0.1, -0.05) is 5.16 Å². The molecular weight excluding hydrogens is 232 g/mol. The van der Waals surface area contributed by atoms with Crippen LogP contribution in [0.1, 0.15) is 31.7 Å². The molecule has 2 heterocycles. The summed E-state index contributed by atoms with van der Waals surface area (Å²) in [6.45, 7) is 7.75. The number of nitrogens with one attached hydrogen (secondary N) is 1. The molecule has 1 unspecified atom stereocenters. The maximum atomic E-state index is 5.72. The van der Waals surface area contributed by atoms with Gasteiger partial charge in [-0.25, -0.2) is 0 Å². The van der Waals surface area contributed by atoms with E-state index in [1.165, 1.54) is 0 Å². The van der Waals surface area contributed by atoms with E-state index in [0.717, 1.165) is 32.7 Å². The number of hydrogen-bond acceptors (Lipinski definition) is 6. The summed E-state index contributed by atoms with van der Waals surface area (Å²) in [5, 5.41) is 7.08. The molecule has 1 aliphatic heterocycles. The molecule has 1 fully saturated rings. The maximum Gasteiger partial charge on any atom is 0.228 e. The summed E-state index contributed by atoms with van der Waals surface area (Å²) >= 11 is 0. The summed E-state index contributed by atoms with van der Waals surface area (Å²) in [6, 6.07) is 0.520. The van der Waals surface area contributed by atoms with E-state index in [1.807, 2.05) is 7.05 Å². The van der Waals surface area contributed by atoms with Gasteiger partial charge in [-0.05, 0) is 20.9 Å². The molecule has 1 aromatic heterocycles. The fraction of sp³-hybridized carbons (Fsp3) is 0.833. The highest BCUT2D eigenvalue weighted by Gasteiger charge is 2.27. The highest BCUT2D eigenvalue weighted by Crippen LogP contribution is 2.21. The summed E-state index contributed by atoms with van der Waals surface area (Å²) in [4.78, 5) is 6.77. The van der Waals surface area contributed by atoms with Crippen molar-refractivity contribution in [1.82, 2.24) is 20.4 Å². The molecule has 1 aliphatic rings. The molecule has 0 radical (unpaired) electrons. The van der Waals surface area contributed by atoms with Crippen LogP contribution in [0.15, 0.2) is 4.52 Å². The Labute approximate surface area is 108 Å².